The number of phenols is 1. The highest BCUT2D eigenvalue weighted by molar-refractivity contribution is 6.39. The molecule has 3 nitrogen and oxygen atoms in total. The number of ether oxygens (including phenoxy) is 1. The summed E-state index contributed by atoms with van der Waals surface area (Å²) in [5.41, 5.74) is 1.57. The van der Waals surface area contributed by atoms with E-state index in [9.17, 15) is 5.11 Å². The largest absolute Gasteiger partial charge is 0.506 e. The third-order valence-corrected chi connectivity index (χ3v) is 3.27. The summed E-state index contributed by atoms with van der Waals surface area (Å²) >= 11 is 6.29. The summed E-state index contributed by atoms with van der Waals surface area (Å²) in [4.78, 5) is 3.15. The molecule has 86 valence electrons. The van der Waals surface area contributed by atoms with E-state index in [1.54, 1.807) is 25.3 Å². The maximum Gasteiger partial charge on any atom is 0.139 e. The average molecular weight is 248 g/mol. The molecule has 0 amide bonds. The fourth-order valence-corrected chi connectivity index (χ4v) is 2.44. The molecule has 0 spiro atoms. The SMILES string of the molecule is COc1ccc2[nH]c3c(O)cccc3c2c1Cl. The van der Waals surface area contributed by atoms with Crippen LogP contribution in [0.4, 0.5) is 0 Å². The van der Waals surface area contributed by atoms with Gasteiger partial charge in [0.1, 0.15) is 11.5 Å². The number of hydrogen-bond donors (Lipinski definition) is 2. The Labute approximate surface area is 103 Å². The van der Waals surface area contributed by atoms with Crippen molar-refractivity contribution in [2.24, 2.45) is 0 Å². The number of fused-ring (bicyclic) bond motifs is 3. The number of aromatic hydroxyl groups is 1. The summed E-state index contributed by atoms with van der Waals surface area (Å²) in [6.07, 6.45) is 0. The summed E-state index contributed by atoms with van der Waals surface area (Å²) < 4.78 is 5.19. The van der Waals surface area contributed by atoms with Gasteiger partial charge in [0.2, 0.25) is 0 Å². The summed E-state index contributed by atoms with van der Waals surface area (Å²) in [6, 6.07) is 9.04. The van der Waals surface area contributed by atoms with Gasteiger partial charge in [-0.3, -0.25) is 0 Å². The van der Waals surface area contributed by atoms with Gasteiger partial charge in [0.05, 0.1) is 17.6 Å². The Morgan fingerprint density at radius 2 is 2.06 bits per heavy atom. The zero-order chi connectivity index (χ0) is 12.0. The van der Waals surface area contributed by atoms with Gasteiger partial charge in [0.15, 0.2) is 0 Å². The van der Waals surface area contributed by atoms with Crippen LogP contribution in [0.2, 0.25) is 5.02 Å². The molecule has 0 aliphatic heterocycles. The molecular formula is C13H10ClNO2. The first-order chi connectivity index (χ1) is 8.22. The summed E-state index contributed by atoms with van der Waals surface area (Å²) in [7, 11) is 1.58. The Hall–Kier alpha value is -1.87. The Kier molecular flexibility index (Phi) is 2.16. The second kappa shape index (κ2) is 3.57. The van der Waals surface area contributed by atoms with Crippen molar-refractivity contribution in [3.05, 3.63) is 35.4 Å². The molecule has 2 aromatic carbocycles. The molecule has 3 aromatic rings. The summed E-state index contributed by atoms with van der Waals surface area (Å²) in [5.74, 6) is 0.845. The lowest BCUT2D eigenvalue weighted by atomic mass is 10.1. The molecule has 1 heterocycles. The third kappa shape index (κ3) is 1.36. The minimum absolute atomic E-state index is 0.216. The molecule has 1 aromatic heterocycles. The zero-order valence-electron chi connectivity index (χ0n) is 9.12. The number of rotatable bonds is 1. The van der Waals surface area contributed by atoms with Crippen molar-refractivity contribution in [2.75, 3.05) is 7.11 Å². The fourth-order valence-electron chi connectivity index (χ4n) is 2.10. The van der Waals surface area contributed by atoms with Gasteiger partial charge < -0.3 is 14.8 Å². The lowest BCUT2D eigenvalue weighted by molar-refractivity contribution is 0.415. The van der Waals surface area contributed by atoms with Crippen molar-refractivity contribution >= 4 is 33.4 Å². The number of phenolic OH excluding ortho intramolecular Hbond substituents is 1. The monoisotopic (exact) mass is 247 g/mol. The first kappa shape index (κ1) is 10.3. The molecule has 3 rings (SSSR count). The van der Waals surface area contributed by atoms with Crippen LogP contribution in [0.25, 0.3) is 21.8 Å². The normalized spacial score (nSPS) is 11.2. The number of halogens is 1. The number of nitrogens with one attached hydrogen (secondary N) is 1. The highest BCUT2D eigenvalue weighted by atomic mass is 35.5. The maximum atomic E-state index is 9.78. The molecule has 0 fully saturated rings. The number of aromatic nitrogens is 1. The van der Waals surface area contributed by atoms with E-state index in [1.807, 2.05) is 12.1 Å². The van der Waals surface area contributed by atoms with Crippen LogP contribution in [0, 0.1) is 0 Å². The number of methoxy groups -OCH3 is 1. The minimum Gasteiger partial charge on any atom is -0.506 e. The molecular weight excluding hydrogens is 238 g/mol. The van der Waals surface area contributed by atoms with Crippen LogP contribution in [0.1, 0.15) is 0 Å². The molecule has 0 aliphatic carbocycles. The molecule has 4 heteroatoms. The van der Waals surface area contributed by atoms with Crippen molar-refractivity contribution in [3.8, 4) is 11.5 Å². The molecule has 0 radical (unpaired) electrons. The standard InChI is InChI=1S/C13H10ClNO2/c1-17-10-6-5-8-11(12(10)14)7-3-2-4-9(16)13(7)15-8/h2-6,15-16H,1H3. The van der Waals surface area contributed by atoms with E-state index < -0.39 is 0 Å². The van der Waals surface area contributed by atoms with Gasteiger partial charge >= 0.3 is 0 Å². The summed E-state index contributed by atoms with van der Waals surface area (Å²) in [6.45, 7) is 0. The molecule has 17 heavy (non-hydrogen) atoms. The zero-order valence-corrected chi connectivity index (χ0v) is 9.88. The first-order valence-electron chi connectivity index (χ1n) is 5.18. The topological polar surface area (TPSA) is 45.2 Å². The molecule has 0 saturated carbocycles. The number of para-hydroxylation sites is 1. The van der Waals surface area contributed by atoms with E-state index in [-0.39, 0.29) is 5.75 Å². The van der Waals surface area contributed by atoms with Gasteiger partial charge in [0.25, 0.3) is 0 Å². The van der Waals surface area contributed by atoms with Gasteiger partial charge in [-0.15, -0.1) is 0 Å². The molecule has 0 saturated heterocycles. The lowest BCUT2D eigenvalue weighted by Gasteiger charge is -2.03. The van der Waals surface area contributed by atoms with Gasteiger partial charge in [0, 0.05) is 16.3 Å². The number of aromatic amines is 1. The number of benzene rings is 2. The fraction of sp³-hybridized carbons (Fsp3) is 0.0769. The van der Waals surface area contributed by atoms with Crippen molar-refractivity contribution in [1.29, 1.82) is 0 Å². The summed E-state index contributed by atoms with van der Waals surface area (Å²) in [5, 5.41) is 12.1. The number of hydrogen-bond acceptors (Lipinski definition) is 2. The van der Waals surface area contributed by atoms with Gasteiger partial charge in [-0.2, -0.15) is 0 Å². The van der Waals surface area contributed by atoms with E-state index in [0.717, 1.165) is 16.3 Å². The van der Waals surface area contributed by atoms with Crippen LogP contribution in [-0.4, -0.2) is 17.2 Å². The number of H-pyrrole nitrogens is 1. The highest BCUT2D eigenvalue weighted by Gasteiger charge is 2.13. The average Bonchev–Trinajstić information content (AvgIpc) is 2.70. The van der Waals surface area contributed by atoms with Crippen LogP contribution in [-0.2, 0) is 0 Å². The van der Waals surface area contributed by atoms with Crippen molar-refractivity contribution in [2.45, 2.75) is 0 Å². The smallest absolute Gasteiger partial charge is 0.139 e. The molecule has 0 unspecified atom stereocenters. The van der Waals surface area contributed by atoms with Crippen molar-refractivity contribution in [3.63, 3.8) is 0 Å². The molecule has 0 atom stereocenters. The predicted molar refractivity (Wildman–Crippen MR) is 69.0 cm³/mol. The first-order valence-corrected chi connectivity index (χ1v) is 5.56. The van der Waals surface area contributed by atoms with Gasteiger partial charge in [-0.25, -0.2) is 0 Å². The van der Waals surface area contributed by atoms with E-state index in [1.165, 1.54) is 0 Å². The second-order valence-electron chi connectivity index (χ2n) is 3.83. The Morgan fingerprint density at radius 3 is 2.82 bits per heavy atom. The van der Waals surface area contributed by atoms with Gasteiger partial charge in [-0.1, -0.05) is 23.7 Å². The minimum atomic E-state index is 0.216. The molecule has 0 bridgehead atoms. The quantitative estimate of drug-likeness (QED) is 0.689. The van der Waals surface area contributed by atoms with Crippen LogP contribution in [0.3, 0.4) is 0 Å². The Bertz CT molecular complexity index is 718. The third-order valence-electron chi connectivity index (χ3n) is 2.90. The van der Waals surface area contributed by atoms with E-state index in [2.05, 4.69) is 4.98 Å². The Balaban J connectivity index is 2.54. The highest BCUT2D eigenvalue weighted by Crippen LogP contribution is 2.39. The molecule has 0 aliphatic rings. The van der Waals surface area contributed by atoms with Crippen LogP contribution in [0.5, 0.6) is 11.5 Å². The lowest BCUT2D eigenvalue weighted by Crippen LogP contribution is -1.83. The van der Waals surface area contributed by atoms with Crippen molar-refractivity contribution < 1.29 is 9.84 Å². The Morgan fingerprint density at radius 1 is 1.24 bits per heavy atom. The van der Waals surface area contributed by atoms with Crippen LogP contribution < -0.4 is 4.74 Å². The second-order valence-corrected chi connectivity index (χ2v) is 4.21. The van der Waals surface area contributed by atoms with Crippen LogP contribution >= 0.6 is 11.6 Å². The van der Waals surface area contributed by atoms with E-state index in [4.69, 9.17) is 16.3 Å². The molecule has 2 N–H and O–H groups in total. The maximum absolute atomic E-state index is 9.78. The van der Waals surface area contributed by atoms with Crippen molar-refractivity contribution in [1.82, 2.24) is 4.98 Å². The van der Waals surface area contributed by atoms with Gasteiger partial charge in [-0.05, 0) is 18.2 Å². The van der Waals surface area contributed by atoms with E-state index in [0.29, 0.717) is 16.3 Å². The van der Waals surface area contributed by atoms with E-state index >= 15 is 0 Å². The van der Waals surface area contributed by atoms with Crippen LogP contribution in [0.15, 0.2) is 30.3 Å². The predicted octanol–water partition coefficient (Wildman–Crippen LogP) is 3.69.